The van der Waals surface area contributed by atoms with Gasteiger partial charge in [-0.2, -0.15) is 13.2 Å². The highest BCUT2D eigenvalue weighted by molar-refractivity contribution is 5.94. The second kappa shape index (κ2) is 6.96. The molecule has 0 aromatic heterocycles. The van der Waals surface area contributed by atoms with Crippen molar-refractivity contribution >= 4 is 5.91 Å². The molecule has 0 unspecified atom stereocenters. The van der Waals surface area contributed by atoms with Gasteiger partial charge in [0.15, 0.2) is 0 Å². The van der Waals surface area contributed by atoms with E-state index in [2.05, 4.69) is 33.0 Å². The smallest absolute Gasteiger partial charge is 0.352 e. The maximum atomic E-state index is 12.5. The zero-order valence-electron chi connectivity index (χ0n) is 12.8. The SMILES string of the molecule is CC(C)C(CNC(=O)c1ccc(C(F)(F)F)cc1)C(C)C. The molecule has 0 fully saturated rings. The van der Waals surface area contributed by atoms with Crippen LogP contribution in [-0.2, 0) is 6.18 Å². The van der Waals surface area contributed by atoms with Gasteiger partial charge in [0.2, 0.25) is 0 Å². The fraction of sp³-hybridized carbons (Fsp3) is 0.562. The lowest BCUT2D eigenvalue weighted by Crippen LogP contribution is -2.33. The largest absolute Gasteiger partial charge is 0.416 e. The molecule has 0 aliphatic heterocycles. The van der Waals surface area contributed by atoms with Crippen molar-refractivity contribution in [3.05, 3.63) is 35.4 Å². The van der Waals surface area contributed by atoms with Crippen LogP contribution in [0.25, 0.3) is 0 Å². The van der Waals surface area contributed by atoms with Crippen molar-refractivity contribution < 1.29 is 18.0 Å². The minimum absolute atomic E-state index is 0.245. The second-order valence-corrected chi connectivity index (χ2v) is 5.94. The first kappa shape index (κ1) is 17.5. The van der Waals surface area contributed by atoms with Crippen LogP contribution in [-0.4, -0.2) is 12.5 Å². The van der Waals surface area contributed by atoms with Crippen molar-refractivity contribution in [2.24, 2.45) is 17.8 Å². The van der Waals surface area contributed by atoms with Crippen LogP contribution in [0.5, 0.6) is 0 Å². The highest BCUT2D eigenvalue weighted by Gasteiger charge is 2.30. The predicted molar refractivity (Wildman–Crippen MR) is 76.9 cm³/mol. The van der Waals surface area contributed by atoms with Gasteiger partial charge in [0, 0.05) is 12.1 Å². The number of halogens is 3. The zero-order chi connectivity index (χ0) is 16.2. The Kier molecular flexibility index (Phi) is 5.81. The zero-order valence-corrected chi connectivity index (χ0v) is 12.8. The fourth-order valence-electron chi connectivity index (χ4n) is 2.36. The van der Waals surface area contributed by atoms with Crippen LogP contribution in [0, 0.1) is 17.8 Å². The average molecular weight is 301 g/mol. The summed E-state index contributed by atoms with van der Waals surface area (Å²) in [6, 6.07) is 4.27. The number of hydrogen-bond donors (Lipinski definition) is 1. The van der Waals surface area contributed by atoms with Crippen LogP contribution < -0.4 is 5.32 Å². The first-order chi connectivity index (χ1) is 9.62. The summed E-state index contributed by atoms with van der Waals surface area (Å²) in [5.74, 6) is 0.856. The molecular weight excluding hydrogens is 279 g/mol. The highest BCUT2D eigenvalue weighted by atomic mass is 19.4. The van der Waals surface area contributed by atoms with E-state index in [9.17, 15) is 18.0 Å². The molecule has 1 amide bonds. The van der Waals surface area contributed by atoms with Gasteiger partial charge >= 0.3 is 6.18 Å². The van der Waals surface area contributed by atoms with E-state index in [0.717, 1.165) is 12.1 Å². The Bertz CT molecular complexity index is 455. The standard InChI is InChI=1S/C16H22F3NO/c1-10(2)14(11(3)4)9-20-15(21)12-5-7-13(8-6-12)16(17,18)19/h5-8,10-11,14H,9H2,1-4H3,(H,20,21). The molecular formula is C16H22F3NO. The summed E-state index contributed by atoms with van der Waals surface area (Å²) in [7, 11) is 0. The second-order valence-electron chi connectivity index (χ2n) is 5.94. The van der Waals surface area contributed by atoms with Gasteiger partial charge in [0.25, 0.3) is 5.91 Å². The van der Waals surface area contributed by atoms with Crippen LogP contribution in [0.3, 0.4) is 0 Å². The third-order valence-electron chi connectivity index (χ3n) is 3.69. The molecule has 0 saturated carbocycles. The molecule has 2 nitrogen and oxygen atoms in total. The Hall–Kier alpha value is -1.52. The van der Waals surface area contributed by atoms with Gasteiger partial charge in [-0.15, -0.1) is 0 Å². The van der Waals surface area contributed by atoms with Crippen LogP contribution in [0.15, 0.2) is 24.3 Å². The molecule has 118 valence electrons. The third kappa shape index (κ3) is 5.06. The van der Waals surface area contributed by atoms with Gasteiger partial charge in [-0.3, -0.25) is 4.79 Å². The number of carbonyl (C=O) groups is 1. The molecule has 0 aliphatic rings. The van der Waals surface area contributed by atoms with Crippen molar-refractivity contribution in [2.45, 2.75) is 33.9 Å². The van der Waals surface area contributed by atoms with Gasteiger partial charge in [-0.25, -0.2) is 0 Å². The lowest BCUT2D eigenvalue weighted by molar-refractivity contribution is -0.137. The van der Waals surface area contributed by atoms with Gasteiger partial charge in [0.05, 0.1) is 5.56 Å². The number of alkyl halides is 3. The number of rotatable bonds is 5. The van der Waals surface area contributed by atoms with E-state index in [0.29, 0.717) is 24.3 Å². The van der Waals surface area contributed by atoms with E-state index in [1.807, 2.05) is 0 Å². The number of hydrogen-bond acceptors (Lipinski definition) is 1. The van der Waals surface area contributed by atoms with E-state index in [4.69, 9.17) is 0 Å². The van der Waals surface area contributed by atoms with E-state index >= 15 is 0 Å². The van der Waals surface area contributed by atoms with Gasteiger partial charge < -0.3 is 5.32 Å². The lowest BCUT2D eigenvalue weighted by atomic mass is 9.85. The monoisotopic (exact) mass is 301 g/mol. The summed E-state index contributed by atoms with van der Waals surface area (Å²) in [6.45, 7) is 8.89. The van der Waals surface area contributed by atoms with Gasteiger partial charge in [-0.1, -0.05) is 27.7 Å². The molecule has 0 heterocycles. The average Bonchev–Trinajstić information content (AvgIpc) is 2.37. The molecule has 0 bridgehead atoms. The lowest BCUT2D eigenvalue weighted by Gasteiger charge is -2.25. The highest BCUT2D eigenvalue weighted by Crippen LogP contribution is 2.29. The Morgan fingerprint density at radius 3 is 1.90 bits per heavy atom. The van der Waals surface area contributed by atoms with Crippen LogP contribution in [0.2, 0.25) is 0 Å². The molecule has 1 aromatic carbocycles. The molecule has 1 aromatic rings. The Morgan fingerprint density at radius 1 is 1.05 bits per heavy atom. The van der Waals surface area contributed by atoms with Gasteiger partial charge in [0.1, 0.15) is 0 Å². The third-order valence-corrected chi connectivity index (χ3v) is 3.69. The molecule has 21 heavy (non-hydrogen) atoms. The van der Waals surface area contributed by atoms with E-state index in [1.54, 1.807) is 0 Å². The first-order valence-electron chi connectivity index (χ1n) is 7.08. The molecule has 1 N–H and O–H groups in total. The minimum Gasteiger partial charge on any atom is -0.352 e. The summed E-state index contributed by atoms with van der Waals surface area (Å²) in [6.07, 6.45) is -4.38. The first-order valence-corrected chi connectivity index (χ1v) is 7.08. The summed E-state index contributed by atoms with van der Waals surface area (Å²) in [5, 5.41) is 2.80. The maximum absolute atomic E-state index is 12.5. The van der Waals surface area contributed by atoms with Gasteiger partial charge in [-0.05, 0) is 42.0 Å². The summed E-state index contributed by atoms with van der Waals surface area (Å²) < 4.78 is 37.4. The van der Waals surface area contributed by atoms with Crippen molar-refractivity contribution in [1.29, 1.82) is 0 Å². The van der Waals surface area contributed by atoms with Crippen molar-refractivity contribution in [3.8, 4) is 0 Å². The molecule has 0 atom stereocenters. The predicted octanol–water partition coefficient (Wildman–Crippen LogP) is 4.36. The van der Waals surface area contributed by atoms with E-state index in [1.165, 1.54) is 12.1 Å². The number of benzene rings is 1. The molecule has 0 spiro atoms. The number of nitrogens with one attached hydrogen (secondary N) is 1. The Labute approximate surface area is 123 Å². The molecule has 5 heteroatoms. The number of carbonyl (C=O) groups excluding carboxylic acids is 1. The van der Waals surface area contributed by atoms with Crippen LogP contribution in [0.4, 0.5) is 13.2 Å². The van der Waals surface area contributed by atoms with Crippen LogP contribution in [0.1, 0.15) is 43.6 Å². The topological polar surface area (TPSA) is 29.1 Å². The van der Waals surface area contributed by atoms with Crippen molar-refractivity contribution in [1.82, 2.24) is 5.32 Å². The Morgan fingerprint density at radius 2 is 1.52 bits per heavy atom. The Balaban J connectivity index is 2.68. The summed E-state index contributed by atoms with van der Waals surface area (Å²) in [4.78, 5) is 12.0. The van der Waals surface area contributed by atoms with Crippen molar-refractivity contribution in [2.75, 3.05) is 6.54 Å². The van der Waals surface area contributed by atoms with E-state index in [-0.39, 0.29) is 11.5 Å². The molecule has 0 aliphatic carbocycles. The summed E-state index contributed by atoms with van der Waals surface area (Å²) >= 11 is 0. The van der Waals surface area contributed by atoms with Crippen LogP contribution >= 0.6 is 0 Å². The number of amides is 1. The molecule has 1 rings (SSSR count). The minimum atomic E-state index is -4.38. The quantitative estimate of drug-likeness (QED) is 0.860. The van der Waals surface area contributed by atoms with E-state index < -0.39 is 11.7 Å². The normalized spacial score (nSPS) is 12.3. The summed E-state index contributed by atoms with van der Waals surface area (Å²) in [5.41, 5.74) is -0.504. The maximum Gasteiger partial charge on any atom is 0.416 e. The fourth-order valence-corrected chi connectivity index (χ4v) is 2.36. The molecule has 0 saturated heterocycles. The molecule has 0 radical (unpaired) electrons. The van der Waals surface area contributed by atoms with Crippen molar-refractivity contribution in [3.63, 3.8) is 0 Å².